The fourth-order valence-electron chi connectivity index (χ4n) is 1.53. The van der Waals surface area contributed by atoms with E-state index in [1.807, 2.05) is 11.8 Å². The van der Waals surface area contributed by atoms with Crippen LogP contribution in [0.25, 0.3) is 0 Å². The summed E-state index contributed by atoms with van der Waals surface area (Å²) in [5.41, 5.74) is 0.100. The van der Waals surface area contributed by atoms with Crippen LogP contribution < -0.4 is 5.32 Å². The molecule has 0 aromatic heterocycles. The van der Waals surface area contributed by atoms with E-state index in [0.717, 1.165) is 31.1 Å². The number of non-ortho nitro benzene ring substituents is 1. The number of benzene rings is 1. The number of halogens is 1. The normalized spacial score (nSPS) is 10.3. The van der Waals surface area contributed by atoms with Gasteiger partial charge in [0.15, 0.2) is 5.82 Å². The summed E-state index contributed by atoms with van der Waals surface area (Å²) in [6.07, 6.45) is 5.30. The Bertz CT molecular complexity index is 402. The van der Waals surface area contributed by atoms with E-state index in [2.05, 4.69) is 11.6 Å². The third-order valence-electron chi connectivity index (χ3n) is 2.50. The first-order valence-electron chi connectivity index (χ1n) is 5.82. The molecule has 0 aliphatic rings. The van der Waals surface area contributed by atoms with Gasteiger partial charge in [0, 0.05) is 12.6 Å². The molecule has 1 rings (SSSR count). The van der Waals surface area contributed by atoms with E-state index in [9.17, 15) is 14.5 Å². The van der Waals surface area contributed by atoms with Crippen molar-refractivity contribution in [3.05, 3.63) is 34.1 Å². The predicted octanol–water partition coefficient (Wildman–Crippen LogP) is 3.68. The van der Waals surface area contributed by atoms with Gasteiger partial charge in [-0.05, 0) is 30.9 Å². The van der Waals surface area contributed by atoms with Crippen molar-refractivity contribution in [3.8, 4) is 0 Å². The zero-order valence-corrected chi connectivity index (χ0v) is 11.1. The van der Waals surface area contributed by atoms with E-state index in [0.29, 0.717) is 12.2 Å². The zero-order valence-electron chi connectivity index (χ0n) is 10.3. The number of hydrogen-bond donors (Lipinski definition) is 1. The number of nitrogens with one attached hydrogen (secondary N) is 1. The number of rotatable bonds is 8. The Hall–Kier alpha value is -1.30. The van der Waals surface area contributed by atoms with Crippen molar-refractivity contribution in [2.45, 2.75) is 19.3 Å². The molecule has 0 aliphatic carbocycles. The number of thioether (sulfide) groups is 1. The summed E-state index contributed by atoms with van der Waals surface area (Å²) in [6.45, 7) is 0.684. The molecule has 0 aliphatic heterocycles. The van der Waals surface area contributed by atoms with Crippen LogP contribution in [-0.2, 0) is 0 Å². The van der Waals surface area contributed by atoms with Crippen LogP contribution in [0.1, 0.15) is 19.3 Å². The maximum Gasteiger partial charge on any atom is 0.272 e. The van der Waals surface area contributed by atoms with E-state index in [1.54, 1.807) is 0 Å². The average Bonchev–Trinajstić information content (AvgIpc) is 2.35. The van der Waals surface area contributed by atoms with Crippen molar-refractivity contribution in [1.29, 1.82) is 0 Å². The molecule has 0 spiro atoms. The van der Waals surface area contributed by atoms with Crippen molar-refractivity contribution in [2.75, 3.05) is 23.9 Å². The molecule has 0 bridgehead atoms. The standard InChI is InChI=1S/C12H17FN2O2S/c1-18-8-4-2-3-7-14-12-6-5-10(15(16)17)9-11(12)13/h5-6,9,14H,2-4,7-8H2,1H3. The van der Waals surface area contributed by atoms with E-state index >= 15 is 0 Å². The number of nitrogens with zero attached hydrogens (tertiary/aromatic N) is 1. The van der Waals surface area contributed by atoms with Gasteiger partial charge in [-0.1, -0.05) is 6.42 Å². The maximum atomic E-state index is 13.5. The highest BCUT2D eigenvalue weighted by Crippen LogP contribution is 2.20. The lowest BCUT2D eigenvalue weighted by atomic mass is 10.2. The first-order valence-corrected chi connectivity index (χ1v) is 7.21. The number of hydrogen-bond acceptors (Lipinski definition) is 4. The van der Waals surface area contributed by atoms with Gasteiger partial charge in [-0.25, -0.2) is 4.39 Å². The van der Waals surface area contributed by atoms with Gasteiger partial charge in [-0.2, -0.15) is 11.8 Å². The second-order valence-corrected chi connectivity index (χ2v) is 4.89. The molecular formula is C12H17FN2O2S. The second-order valence-electron chi connectivity index (χ2n) is 3.90. The van der Waals surface area contributed by atoms with Crippen LogP contribution in [0.15, 0.2) is 18.2 Å². The van der Waals surface area contributed by atoms with Crippen LogP contribution in [0.3, 0.4) is 0 Å². The minimum absolute atomic E-state index is 0.224. The molecule has 4 nitrogen and oxygen atoms in total. The summed E-state index contributed by atoms with van der Waals surface area (Å²) in [5, 5.41) is 13.4. The molecule has 6 heteroatoms. The van der Waals surface area contributed by atoms with Crippen LogP contribution in [0, 0.1) is 15.9 Å². The van der Waals surface area contributed by atoms with Gasteiger partial charge >= 0.3 is 0 Å². The Balaban J connectivity index is 2.36. The van der Waals surface area contributed by atoms with Crippen molar-refractivity contribution in [2.24, 2.45) is 0 Å². The number of unbranched alkanes of at least 4 members (excludes halogenated alkanes) is 2. The summed E-state index contributed by atoms with van der Waals surface area (Å²) in [7, 11) is 0. The van der Waals surface area contributed by atoms with E-state index in [-0.39, 0.29) is 5.69 Å². The van der Waals surface area contributed by atoms with Crippen molar-refractivity contribution in [1.82, 2.24) is 0 Å². The van der Waals surface area contributed by atoms with Crippen molar-refractivity contribution >= 4 is 23.1 Å². The molecular weight excluding hydrogens is 255 g/mol. The summed E-state index contributed by atoms with van der Waals surface area (Å²) in [5.74, 6) is 0.569. The van der Waals surface area contributed by atoms with E-state index < -0.39 is 10.7 Å². The van der Waals surface area contributed by atoms with Crippen LogP contribution in [0.5, 0.6) is 0 Å². The average molecular weight is 272 g/mol. The highest BCUT2D eigenvalue weighted by Gasteiger charge is 2.09. The van der Waals surface area contributed by atoms with Gasteiger partial charge in [0.1, 0.15) is 0 Å². The Morgan fingerprint density at radius 1 is 1.39 bits per heavy atom. The predicted molar refractivity (Wildman–Crippen MR) is 73.8 cm³/mol. The topological polar surface area (TPSA) is 55.2 Å². The van der Waals surface area contributed by atoms with E-state index in [4.69, 9.17) is 0 Å². The Kier molecular flexibility index (Phi) is 6.49. The molecule has 0 atom stereocenters. The van der Waals surface area contributed by atoms with Gasteiger partial charge in [-0.15, -0.1) is 0 Å². The Morgan fingerprint density at radius 3 is 2.78 bits per heavy atom. The third kappa shape index (κ3) is 4.91. The summed E-state index contributed by atoms with van der Waals surface area (Å²) in [4.78, 5) is 9.84. The fourth-order valence-corrected chi connectivity index (χ4v) is 2.02. The minimum atomic E-state index is -0.602. The quantitative estimate of drug-likeness (QED) is 0.445. The molecule has 0 saturated heterocycles. The lowest BCUT2D eigenvalue weighted by Gasteiger charge is -2.07. The summed E-state index contributed by atoms with van der Waals surface area (Å²) in [6, 6.07) is 3.66. The van der Waals surface area contributed by atoms with Crippen LogP contribution >= 0.6 is 11.8 Å². The molecule has 0 unspecified atom stereocenters. The SMILES string of the molecule is CSCCCCCNc1ccc([N+](=O)[O-])cc1F. The second kappa shape index (κ2) is 7.92. The van der Waals surface area contributed by atoms with Gasteiger partial charge < -0.3 is 5.32 Å². The molecule has 0 saturated carbocycles. The zero-order chi connectivity index (χ0) is 13.4. The molecule has 0 heterocycles. The van der Waals surface area contributed by atoms with E-state index in [1.165, 1.54) is 12.1 Å². The molecule has 1 aromatic carbocycles. The largest absolute Gasteiger partial charge is 0.383 e. The minimum Gasteiger partial charge on any atom is -0.383 e. The van der Waals surface area contributed by atoms with Gasteiger partial charge in [0.25, 0.3) is 5.69 Å². The molecule has 1 N–H and O–H groups in total. The fraction of sp³-hybridized carbons (Fsp3) is 0.500. The molecule has 100 valence electrons. The van der Waals surface area contributed by atoms with Gasteiger partial charge in [0.2, 0.25) is 0 Å². The van der Waals surface area contributed by atoms with Crippen molar-refractivity contribution in [3.63, 3.8) is 0 Å². The van der Waals surface area contributed by atoms with Gasteiger partial charge in [0.05, 0.1) is 16.7 Å². The van der Waals surface area contributed by atoms with Crippen LogP contribution in [0.4, 0.5) is 15.8 Å². The summed E-state index contributed by atoms with van der Waals surface area (Å²) >= 11 is 1.82. The Labute approximate surface area is 110 Å². The Morgan fingerprint density at radius 2 is 2.17 bits per heavy atom. The molecule has 18 heavy (non-hydrogen) atoms. The highest BCUT2D eigenvalue weighted by atomic mass is 32.2. The molecule has 0 radical (unpaired) electrons. The monoisotopic (exact) mass is 272 g/mol. The first kappa shape index (κ1) is 14.8. The lowest BCUT2D eigenvalue weighted by Crippen LogP contribution is -2.04. The molecule has 0 amide bonds. The highest BCUT2D eigenvalue weighted by molar-refractivity contribution is 7.98. The number of nitro groups is 1. The number of anilines is 1. The number of nitro benzene ring substituents is 1. The third-order valence-corrected chi connectivity index (χ3v) is 3.20. The molecule has 1 aromatic rings. The van der Waals surface area contributed by atoms with Crippen LogP contribution in [-0.4, -0.2) is 23.5 Å². The van der Waals surface area contributed by atoms with Crippen LogP contribution in [0.2, 0.25) is 0 Å². The molecule has 0 fully saturated rings. The smallest absolute Gasteiger partial charge is 0.272 e. The maximum absolute atomic E-state index is 13.5. The van der Waals surface area contributed by atoms with Crippen molar-refractivity contribution < 1.29 is 9.31 Å². The summed E-state index contributed by atoms with van der Waals surface area (Å²) < 4.78 is 13.5. The first-order chi connectivity index (χ1) is 8.65. The van der Waals surface area contributed by atoms with Gasteiger partial charge in [-0.3, -0.25) is 10.1 Å². The lowest BCUT2D eigenvalue weighted by molar-refractivity contribution is -0.385.